The van der Waals surface area contributed by atoms with Crippen LogP contribution in [0.3, 0.4) is 0 Å². The molecule has 2 aromatic rings. The summed E-state index contributed by atoms with van der Waals surface area (Å²) in [7, 11) is -8.82. The number of carbonyl (C=O) groups excluding carboxylic acids is 1. The lowest BCUT2D eigenvalue weighted by Crippen LogP contribution is -2.37. The van der Waals surface area contributed by atoms with Crippen LogP contribution >= 0.6 is 15.2 Å². The maximum absolute atomic E-state index is 12.8. The van der Waals surface area contributed by atoms with E-state index >= 15 is 0 Å². The summed E-state index contributed by atoms with van der Waals surface area (Å²) in [6.45, 7) is -0.963. The molecule has 1 amide bonds. The minimum absolute atomic E-state index is 0.126. The fourth-order valence-corrected chi connectivity index (χ4v) is 4.83. The molecule has 13 heteroatoms. The number of hydrogen-bond acceptors (Lipinski definition) is 5. The highest BCUT2D eigenvalue weighted by Gasteiger charge is 2.45. The number of aromatic nitrogens is 1. The van der Waals surface area contributed by atoms with E-state index in [1.165, 1.54) is 0 Å². The molecule has 0 aliphatic carbocycles. The SMILES string of the molecule is Cn1c(C(=O)N(C=NN)CC(P(=O)(O)O)P(=O)(O)O)cc2ccccc21. The summed E-state index contributed by atoms with van der Waals surface area (Å²) in [5, 5.41) is 1.49. The number of benzene rings is 1. The fraction of sp³-hybridized carbons (Fsp3) is 0.231. The predicted octanol–water partition coefficient (Wildman–Crippen LogP) is 0.204. The Bertz CT molecular complexity index is 923. The van der Waals surface area contributed by atoms with E-state index in [9.17, 15) is 33.5 Å². The zero-order valence-corrected chi connectivity index (χ0v) is 15.4. The molecule has 0 fully saturated rings. The van der Waals surface area contributed by atoms with Gasteiger partial charge in [0, 0.05) is 18.0 Å². The molecule has 2 rings (SSSR count). The van der Waals surface area contributed by atoms with Gasteiger partial charge in [0.1, 0.15) is 12.0 Å². The lowest BCUT2D eigenvalue weighted by atomic mass is 10.2. The number of fused-ring (bicyclic) bond motifs is 1. The van der Waals surface area contributed by atoms with Gasteiger partial charge in [-0.25, -0.2) is 0 Å². The summed E-state index contributed by atoms with van der Waals surface area (Å²) in [6, 6.07) is 8.61. The molecule has 0 spiro atoms. The molecule has 0 aliphatic heterocycles. The molecule has 0 unspecified atom stereocenters. The van der Waals surface area contributed by atoms with Crippen molar-refractivity contribution in [3.8, 4) is 0 Å². The summed E-state index contributed by atoms with van der Waals surface area (Å²) in [5.41, 5.74) is 0.850. The average Bonchev–Trinajstić information content (AvgIpc) is 2.86. The third-order valence-electron chi connectivity index (χ3n) is 3.77. The third kappa shape index (κ3) is 4.21. The zero-order valence-electron chi connectivity index (χ0n) is 13.6. The molecule has 0 radical (unpaired) electrons. The quantitative estimate of drug-likeness (QED) is 0.149. The maximum atomic E-state index is 12.8. The number of hydrogen-bond donors (Lipinski definition) is 5. The van der Waals surface area contributed by atoms with Crippen LogP contribution in [-0.2, 0) is 16.2 Å². The van der Waals surface area contributed by atoms with Crippen LogP contribution in [0, 0.1) is 0 Å². The summed E-state index contributed by atoms with van der Waals surface area (Å²) in [5.74, 6) is 4.26. The number of amides is 1. The Morgan fingerprint density at radius 2 is 1.85 bits per heavy atom. The minimum atomic E-state index is -5.21. The van der Waals surface area contributed by atoms with E-state index in [1.54, 1.807) is 41.9 Å². The van der Waals surface area contributed by atoms with Gasteiger partial charge in [0.15, 0.2) is 5.40 Å². The fourth-order valence-electron chi connectivity index (χ4n) is 2.49. The molecule has 26 heavy (non-hydrogen) atoms. The second-order valence-corrected chi connectivity index (χ2v) is 9.54. The number of nitrogens with zero attached hydrogens (tertiary/aromatic N) is 3. The second-order valence-electron chi connectivity index (χ2n) is 5.53. The highest BCUT2D eigenvalue weighted by molar-refractivity contribution is 7.70. The summed E-state index contributed by atoms with van der Waals surface area (Å²) < 4.78 is 24.5. The first-order valence-electron chi connectivity index (χ1n) is 7.16. The van der Waals surface area contributed by atoms with Crippen LogP contribution in [0.4, 0.5) is 0 Å². The van der Waals surface area contributed by atoms with Gasteiger partial charge >= 0.3 is 15.2 Å². The van der Waals surface area contributed by atoms with Crippen molar-refractivity contribution < 1.29 is 33.5 Å². The van der Waals surface area contributed by atoms with Gasteiger partial charge in [-0.15, -0.1) is 0 Å². The van der Waals surface area contributed by atoms with Crippen molar-refractivity contribution in [1.29, 1.82) is 0 Å². The van der Waals surface area contributed by atoms with E-state index in [-0.39, 0.29) is 5.69 Å². The Morgan fingerprint density at radius 1 is 1.27 bits per heavy atom. The van der Waals surface area contributed by atoms with Gasteiger partial charge in [0.05, 0.1) is 6.54 Å². The van der Waals surface area contributed by atoms with Gasteiger partial charge in [-0.05, 0) is 12.1 Å². The maximum Gasteiger partial charge on any atom is 0.342 e. The van der Waals surface area contributed by atoms with Crippen molar-refractivity contribution in [3.05, 3.63) is 36.0 Å². The van der Waals surface area contributed by atoms with Gasteiger partial charge in [-0.1, -0.05) is 18.2 Å². The Hall–Kier alpha value is -2.00. The van der Waals surface area contributed by atoms with Gasteiger partial charge in [-0.2, -0.15) is 5.10 Å². The van der Waals surface area contributed by atoms with E-state index in [4.69, 9.17) is 5.84 Å². The molecule has 1 aromatic heterocycles. The van der Waals surface area contributed by atoms with Crippen LogP contribution in [0.5, 0.6) is 0 Å². The normalized spacial score (nSPS) is 13.0. The Balaban J connectivity index is 2.45. The van der Waals surface area contributed by atoms with E-state index in [0.717, 1.165) is 17.2 Å². The van der Waals surface area contributed by atoms with Crippen LogP contribution in [0.15, 0.2) is 35.4 Å². The average molecular weight is 404 g/mol. The van der Waals surface area contributed by atoms with Crippen LogP contribution < -0.4 is 5.84 Å². The van der Waals surface area contributed by atoms with Crippen LogP contribution in [0.25, 0.3) is 10.9 Å². The predicted molar refractivity (Wildman–Crippen MR) is 94.5 cm³/mol. The first kappa shape index (κ1) is 20.3. The minimum Gasteiger partial charge on any atom is -0.340 e. The summed E-state index contributed by atoms with van der Waals surface area (Å²) >= 11 is 0. The first-order chi connectivity index (χ1) is 12.0. The number of para-hydroxylation sites is 1. The van der Waals surface area contributed by atoms with Crippen molar-refractivity contribution in [2.45, 2.75) is 5.40 Å². The van der Waals surface area contributed by atoms with E-state index in [1.807, 2.05) is 0 Å². The third-order valence-corrected chi connectivity index (χ3v) is 7.46. The molecule has 0 bridgehead atoms. The molecule has 6 N–H and O–H groups in total. The molecule has 0 saturated carbocycles. The van der Waals surface area contributed by atoms with Gasteiger partial charge in [-0.3, -0.25) is 18.8 Å². The number of nitrogens with two attached hydrogens (primary N) is 1. The Kier molecular flexibility index (Phi) is 5.72. The standard InChI is InChI=1S/C13H18N4O7P2/c1-16-10-5-3-2-4-9(10)6-11(16)13(18)17(8-15-14)7-12(25(19,20)21)26(22,23)24/h2-6,8,12H,7,14H2,1H3,(H2,19,20,21)(H2,22,23,24). The Labute approximate surface area is 148 Å². The van der Waals surface area contributed by atoms with Gasteiger partial charge in [0.2, 0.25) is 0 Å². The molecular formula is C13H18N4O7P2. The first-order valence-corrected chi connectivity index (χ1v) is 10.5. The summed E-state index contributed by atoms with van der Waals surface area (Å²) in [6.07, 6.45) is 0.762. The second kappa shape index (κ2) is 7.32. The van der Waals surface area contributed by atoms with Crippen molar-refractivity contribution in [3.63, 3.8) is 0 Å². The van der Waals surface area contributed by atoms with Crippen LogP contribution in [0.1, 0.15) is 10.5 Å². The summed E-state index contributed by atoms with van der Waals surface area (Å²) in [4.78, 5) is 50.4. The Morgan fingerprint density at radius 3 is 2.35 bits per heavy atom. The number of carbonyl (C=O) groups is 1. The van der Waals surface area contributed by atoms with Crippen molar-refractivity contribution in [1.82, 2.24) is 9.47 Å². The molecule has 0 aliphatic rings. The molecule has 1 aromatic carbocycles. The van der Waals surface area contributed by atoms with Gasteiger partial charge in [0.25, 0.3) is 5.91 Å². The van der Waals surface area contributed by atoms with Crippen molar-refractivity contribution >= 4 is 38.3 Å². The topological polar surface area (TPSA) is 179 Å². The van der Waals surface area contributed by atoms with Crippen LogP contribution in [-0.4, -0.2) is 53.2 Å². The van der Waals surface area contributed by atoms with E-state index < -0.39 is 33.0 Å². The van der Waals surface area contributed by atoms with Crippen molar-refractivity contribution in [2.75, 3.05) is 6.54 Å². The largest absolute Gasteiger partial charge is 0.342 e. The van der Waals surface area contributed by atoms with Crippen LogP contribution in [0.2, 0.25) is 0 Å². The zero-order chi connectivity index (χ0) is 19.7. The molecule has 1 heterocycles. The number of hydrazone groups is 1. The van der Waals surface area contributed by atoms with Gasteiger partial charge < -0.3 is 30.0 Å². The number of aryl methyl sites for hydroxylation is 1. The molecule has 11 nitrogen and oxygen atoms in total. The monoisotopic (exact) mass is 404 g/mol. The number of rotatable bonds is 6. The highest BCUT2D eigenvalue weighted by atomic mass is 31.2. The van der Waals surface area contributed by atoms with E-state index in [0.29, 0.717) is 4.90 Å². The molecule has 0 saturated heterocycles. The van der Waals surface area contributed by atoms with Crippen molar-refractivity contribution in [2.24, 2.45) is 18.0 Å². The lowest BCUT2D eigenvalue weighted by molar-refractivity contribution is 0.0845. The molecular weight excluding hydrogens is 386 g/mol. The lowest BCUT2D eigenvalue weighted by Gasteiger charge is -2.25. The van der Waals surface area contributed by atoms with E-state index in [2.05, 4.69) is 5.10 Å². The molecule has 0 atom stereocenters. The smallest absolute Gasteiger partial charge is 0.340 e. The molecule has 142 valence electrons. The highest BCUT2D eigenvalue weighted by Crippen LogP contribution is 2.59.